The average molecular weight is 277 g/mol. The minimum atomic E-state index is -1.18. The fraction of sp³-hybridized carbons (Fsp3) is 0.533. The minimum Gasteiger partial charge on any atom is -0.480 e. The molecule has 1 aliphatic rings. The maximum atomic E-state index is 11.1. The number of anilines is 1. The van der Waals surface area contributed by atoms with Gasteiger partial charge in [0.2, 0.25) is 0 Å². The van der Waals surface area contributed by atoms with Crippen LogP contribution in [-0.2, 0) is 4.79 Å². The van der Waals surface area contributed by atoms with Crippen molar-refractivity contribution in [1.29, 1.82) is 0 Å². The van der Waals surface area contributed by atoms with Crippen molar-refractivity contribution in [3.63, 3.8) is 0 Å². The Kier molecular flexibility index (Phi) is 4.30. The van der Waals surface area contributed by atoms with E-state index in [1.165, 1.54) is 11.3 Å². The van der Waals surface area contributed by atoms with Gasteiger partial charge in [-0.1, -0.05) is 12.1 Å². The van der Waals surface area contributed by atoms with Crippen LogP contribution in [0.5, 0.6) is 0 Å². The number of nitrogens with two attached hydrogens (primary N) is 1. The molecular formula is C15H23N3O2. The Morgan fingerprint density at radius 3 is 2.55 bits per heavy atom. The third kappa shape index (κ3) is 3.49. The number of carboxylic acid groups (broad SMARTS) is 1. The minimum absolute atomic E-state index is 0.393. The summed E-state index contributed by atoms with van der Waals surface area (Å²) < 4.78 is 0. The number of aryl methyl sites for hydroxylation is 1. The molecule has 1 unspecified atom stereocenters. The van der Waals surface area contributed by atoms with Gasteiger partial charge in [-0.2, -0.15) is 0 Å². The predicted octanol–water partition coefficient (Wildman–Crippen LogP) is 0.919. The Morgan fingerprint density at radius 1 is 1.35 bits per heavy atom. The third-order valence-electron chi connectivity index (χ3n) is 3.78. The molecule has 0 aliphatic carbocycles. The van der Waals surface area contributed by atoms with Gasteiger partial charge in [-0.15, -0.1) is 0 Å². The van der Waals surface area contributed by atoms with Crippen molar-refractivity contribution in [2.24, 2.45) is 5.73 Å². The summed E-state index contributed by atoms with van der Waals surface area (Å²) in [7, 11) is 0. The molecular weight excluding hydrogens is 254 g/mol. The summed E-state index contributed by atoms with van der Waals surface area (Å²) in [5.41, 5.74) is 7.12. The summed E-state index contributed by atoms with van der Waals surface area (Å²) in [6.07, 6.45) is 0. The van der Waals surface area contributed by atoms with E-state index in [4.69, 9.17) is 10.8 Å². The number of hydrogen-bond donors (Lipinski definition) is 2. The van der Waals surface area contributed by atoms with Crippen LogP contribution in [-0.4, -0.2) is 54.2 Å². The second kappa shape index (κ2) is 5.81. The maximum Gasteiger partial charge on any atom is 0.324 e. The van der Waals surface area contributed by atoms with Crippen molar-refractivity contribution < 1.29 is 9.90 Å². The van der Waals surface area contributed by atoms with Crippen LogP contribution in [0.15, 0.2) is 24.3 Å². The molecule has 3 N–H and O–H groups in total. The van der Waals surface area contributed by atoms with E-state index < -0.39 is 11.5 Å². The molecule has 0 radical (unpaired) electrons. The van der Waals surface area contributed by atoms with Crippen molar-refractivity contribution in [3.8, 4) is 0 Å². The van der Waals surface area contributed by atoms with Crippen LogP contribution in [0.3, 0.4) is 0 Å². The van der Waals surface area contributed by atoms with Gasteiger partial charge in [0.15, 0.2) is 0 Å². The van der Waals surface area contributed by atoms with Crippen LogP contribution < -0.4 is 10.6 Å². The number of rotatable bonds is 4. The molecule has 1 aliphatic heterocycles. The van der Waals surface area contributed by atoms with Crippen molar-refractivity contribution in [3.05, 3.63) is 29.8 Å². The first kappa shape index (κ1) is 14.8. The Hall–Kier alpha value is -1.59. The normalized spacial score (nSPS) is 19.6. The van der Waals surface area contributed by atoms with Crippen molar-refractivity contribution in [1.82, 2.24) is 4.90 Å². The highest BCUT2D eigenvalue weighted by Gasteiger charge is 2.31. The number of carbonyl (C=O) groups is 1. The van der Waals surface area contributed by atoms with E-state index in [1.807, 2.05) is 0 Å². The third-order valence-corrected chi connectivity index (χ3v) is 3.78. The van der Waals surface area contributed by atoms with Gasteiger partial charge in [-0.3, -0.25) is 9.69 Å². The molecule has 0 bridgehead atoms. The highest BCUT2D eigenvalue weighted by atomic mass is 16.4. The van der Waals surface area contributed by atoms with Gasteiger partial charge in [0.05, 0.1) is 0 Å². The van der Waals surface area contributed by atoms with Crippen molar-refractivity contribution >= 4 is 11.7 Å². The van der Waals surface area contributed by atoms with Crippen LogP contribution in [0.25, 0.3) is 0 Å². The van der Waals surface area contributed by atoms with Crippen molar-refractivity contribution in [2.75, 3.05) is 37.6 Å². The van der Waals surface area contributed by atoms with Crippen molar-refractivity contribution in [2.45, 2.75) is 19.4 Å². The molecule has 1 aromatic rings. The highest BCUT2D eigenvalue weighted by molar-refractivity contribution is 5.78. The van der Waals surface area contributed by atoms with Gasteiger partial charge < -0.3 is 15.7 Å². The zero-order chi connectivity index (χ0) is 14.8. The van der Waals surface area contributed by atoms with E-state index in [9.17, 15) is 4.79 Å². The molecule has 5 heteroatoms. The molecule has 1 aromatic carbocycles. The van der Waals surface area contributed by atoms with Gasteiger partial charge in [-0.05, 0) is 31.5 Å². The molecule has 0 aromatic heterocycles. The largest absolute Gasteiger partial charge is 0.480 e. The fourth-order valence-electron chi connectivity index (χ4n) is 2.52. The standard InChI is InChI=1S/C15H23N3O2/c1-12-4-3-5-13(10-12)18-8-6-17(7-9-18)11-15(2,16)14(19)20/h3-5,10H,6-9,11,16H2,1-2H3,(H,19,20). The Bertz CT molecular complexity index is 480. The molecule has 1 atom stereocenters. The second-order valence-electron chi connectivity index (χ2n) is 5.82. The Morgan fingerprint density at radius 2 is 2.00 bits per heavy atom. The SMILES string of the molecule is Cc1cccc(N2CCN(CC(C)(N)C(=O)O)CC2)c1. The molecule has 1 saturated heterocycles. The molecule has 0 spiro atoms. The number of hydrogen-bond acceptors (Lipinski definition) is 4. The zero-order valence-electron chi connectivity index (χ0n) is 12.2. The molecule has 1 heterocycles. The van der Waals surface area contributed by atoms with Gasteiger partial charge in [0.25, 0.3) is 0 Å². The maximum absolute atomic E-state index is 11.1. The van der Waals surface area contributed by atoms with E-state index in [1.54, 1.807) is 6.92 Å². The monoisotopic (exact) mass is 277 g/mol. The second-order valence-corrected chi connectivity index (χ2v) is 5.82. The average Bonchev–Trinajstić information content (AvgIpc) is 2.39. The number of nitrogens with zero attached hydrogens (tertiary/aromatic N) is 2. The summed E-state index contributed by atoms with van der Waals surface area (Å²) >= 11 is 0. The summed E-state index contributed by atoms with van der Waals surface area (Å²) in [5.74, 6) is -0.946. The first-order valence-corrected chi connectivity index (χ1v) is 6.95. The number of piperazine rings is 1. The van der Waals surface area contributed by atoms with Crippen LogP contribution in [0.2, 0.25) is 0 Å². The number of benzene rings is 1. The Balaban J connectivity index is 1.91. The summed E-state index contributed by atoms with van der Waals surface area (Å²) in [6, 6.07) is 8.46. The van der Waals surface area contributed by atoms with Crippen LogP contribution in [0.1, 0.15) is 12.5 Å². The van der Waals surface area contributed by atoms with E-state index in [-0.39, 0.29) is 0 Å². The number of aliphatic carboxylic acids is 1. The van der Waals surface area contributed by atoms with Gasteiger partial charge >= 0.3 is 5.97 Å². The van der Waals surface area contributed by atoms with E-state index in [0.717, 1.165) is 26.2 Å². The first-order chi connectivity index (χ1) is 9.38. The lowest BCUT2D eigenvalue weighted by molar-refractivity contribution is -0.143. The Labute approximate surface area is 120 Å². The smallest absolute Gasteiger partial charge is 0.324 e. The topological polar surface area (TPSA) is 69.8 Å². The molecule has 110 valence electrons. The van der Waals surface area contributed by atoms with E-state index in [2.05, 4.69) is 41.0 Å². The van der Waals surface area contributed by atoms with Crippen LogP contribution in [0, 0.1) is 6.92 Å². The summed E-state index contributed by atoms with van der Waals surface area (Å²) in [5, 5.41) is 9.07. The summed E-state index contributed by atoms with van der Waals surface area (Å²) in [4.78, 5) is 15.5. The quantitative estimate of drug-likeness (QED) is 0.856. The number of carboxylic acids is 1. The van der Waals surface area contributed by atoms with Crippen LogP contribution >= 0.6 is 0 Å². The lowest BCUT2D eigenvalue weighted by Gasteiger charge is -2.38. The molecule has 2 rings (SSSR count). The fourth-order valence-corrected chi connectivity index (χ4v) is 2.52. The highest BCUT2D eigenvalue weighted by Crippen LogP contribution is 2.18. The molecule has 20 heavy (non-hydrogen) atoms. The van der Waals surface area contributed by atoms with E-state index >= 15 is 0 Å². The van der Waals surface area contributed by atoms with E-state index in [0.29, 0.717) is 6.54 Å². The first-order valence-electron chi connectivity index (χ1n) is 6.95. The van der Waals surface area contributed by atoms with Gasteiger partial charge in [0.1, 0.15) is 5.54 Å². The zero-order valence-corrected chi connectivity index (χ0v) is 12.2. The molecule has 5 nitrogen and oxygen atoms in total. The van der Waals surface area contributed by atoms with Gasteiger partial charge in [-0.25, -0.2) is 0 Å². The molecule has 1 fully saturated rings. The van der Waals surface area contributed by atoms with Crippen LogP contribution in [0.4, 0.5) is 5.69 Å². The molecule has 0 amide bonds. The lowest BCUT2D eigenvalue weighted by Crippen LogP contribution is -2.57. The van der Waals surface area contributed by atoms with Gasteiger partial charge in [0, 0.05) is 38.4 Å². The summed E-state index contributed by atoms with van der Waals surface area (Å²) in [6.45, 7) is 7.54. The lowest BCUT2D eigenvalue weighted by atomic mass is 10.0. The molecule has 0 saturated carbocycles. The predicted molar refractivity (Wildman–Crippen MR) is 80.1 cm³/mol.